The fourth-order valence-electron chi connectivity index (χ4n) is 4.08. The van der Waals surface area contributed by atoms with Crippen LogP contribution in [0.2, 0.25) is 0 Å². The Labute approximate surface area is 160 Å². The minimum absolute atomic E-state index is 0.0331. The number of hydrogen-bond acceptors (Lipinski definition) is 4. The third-order valence-corrected chi connectivity index (χ3v) is 5.54. The number of hydrogen-bond donors (Lipinski definition) is 1. The lowest BCUT2D eigenvalue weighted by atomic mass is 9.87. The SMILES string of the molecule is C[C@@H](NC(=O)CN(C)[C@H]1CCCc2ccccc21)c1ccc2c(c1)OCO2. The highest BCUT2D eigenvalue weighted by molar-refractivity contribution is 5.78. The molecule has 0 radical (unpaired) electrons. The molecule has 1 amide bonds. The molecular weight excluding hydrogens is 340 g/mol. The molecule has 0 saturated heterocycles. The zero-order chi connectivity index (χ0) is 18.8. The van der Waals surface area contributed by atoms with Crippen molar-refractivity contribution in [3.63, 3.8) is 0 Å². The number of ether oxygens (including phenoxy) is 2. The number of carbonyl (C=O) groups excluding carboxylic acids is 1. The summed E-state index contributed by atoms with van der Waals surface area (Å²) in [6.45, 7) is 2.63. The Hall–Kier alpha value is -2.53. The topological polar surface area (TPSA) is 50.8 Å². The van der Waals surface area contributed by atoms with Gasteiger partial charge in [0.2, 0.25) is 12.7 Å². The van der Waals surface area contributed by atoms with Gasteiger partial charge in [-0.25, -0.2) is 0 Å². The van der Waals surface area contributed by atoms with Crippen molar-refractivity contribution in [1.82, 2.24) is 10.2 Å². The number of carbonyl (C=O) groups is 1. The summed E-state index contributed by atoms with van der Waals surface area (Å²) in [6.07, 6.45) is 3.40. The summed E-state index contributed by atoms with van der Waals surface area (Å²) in [5, 5.41) is 3.10. The van der Waals surface area contributed by atoms with E-state index in [1.54, 1.807) is 0 Å². The zero-order valence-corrected chi connectivity index (χ0v) is 15.9. The van der Waals surface area contributed by atoms with Crippen LogP contribution in [0.15, 0.2) is 42.5 Å². The molecule has 2 aliphatic rings. The molecular formula is C22H26N2O3. The van der Waals surface area contributed by atoms with Gasteiger partial charge in [0.15, 0.2) is 11.5 Å². The number of rotatable bonds is 5. The minimum atomic E-state index is -0.0842. The highest BCUT2D eigenvalue weighted by Gasteiger charge is 2.25. The molecule has 0 unspecified atom stereocenters. The molecule has 2 atom stereocenters. The molecule has 0 bridgehead atoms. The maximum absolute atomic E-state index is 12.6. The Balaban J connectivity index is 1.38. The van der Waals surface area contributed by atoms with E-state index in [4.69, 9.17) is 9.47 Å². The molecule has 1 heterocycles. The number of aryl methyl sites for hydroxylation is 1. The van der Waals surface area contributed by atoms with E-state index in [0.717, 1.165) is 29.9 Å². The zero-order valence-electron chi connectivity index (χ0n) is 15.9. The van der Waals surface area contributed by atoms with Crippen molar-refractivity contribution in [3.8, 4) is 11.5 Å². The standard InChI is InChI=1S/C22H26N2O3/c1-15(17-10-11-20-21(12-17)27-14-26-20)23-22(25)13-24(2)19-9-5-7-16-6-3-4-8-18(16)19/h3-4,6,8,10-12,15,19H,5,7,9,13-14H2,1-2H3,(H,23,25)/t15-,19+/m1/s1. The van der Waals surface area contributed by atoms with E-state index in [0.29, 0.717) is 12.6 Å². The monoisotopic (exact) mass is 366 g/mol. The van der Waals surface area contributed by atoms with Crippen LogP contribution in [0.4, 0.5) is 0 Å². The van der Waals surface area contributed by atoms with Gasteiger partial charge in [-0.2, -0.15) is 0 Å². The quantitative estimate of drug-likeness (QED) is 0.878. The van der Waals surface area contributed by atoms with Gasteiger partial charge >= 0.3 is 0 Å². The van der Waals surface area contributed by atoms with Crippen molar-refractivity contribution in [2.24, 2.45) is 0 Å². The molecule has 2 aromatic rings. The second kappa shape index (κ2) is 7.61. The van der Waals surface area contributed by atoms with E-state index in [1.165, 1.54) is 17.5 Å². The van der Waals surface area contributed by atoms with Crippen molar-refractivity contribution in [2.75, 3.05) is 20.4 Å². The highest BCUT2D eigenvalue weighted by atomic mass is 16.7. The Morgan fingerprint density at radius 1 is 1.22 bits per heavy atom. The van der Waals surface area contributed by atoms with E-state index < -0.39 is 0 Å². The van der Waals surface area contributed by atoms with E-state index in [2.05, 4.69) is 34.5 Å². The molecule has 27 heavy (non-hydrogen) atoms. The first-order chi connectivity index (χ1) is 13.1. The summed E-state index contributed by atoms with van der Waals surface area (Å²) in [6, 6.07) is 14.6. The number of benzene rings is 2. The Morgan fingerprint density at radius 3 is 2.93 bits per heavy atom. The summed E-state index contributed by atoms with van der Waals surface area (Å²) < 4.78 is 10.8. The average Bonchev–Trinajstić information content (AvgIpc) is 3.15. The summed E-state index contributed by atoms with van der Waals surface area (Å²) in [5.41, 5.74) is 3.79. The van der Waals surface area contributed by atoms with Crippen LogP contribution >= 0.6 is 0 Å². The second-order valence-corrected chi connectivity index (χ2v) is 7.42. The molecule has 0 saturated carbocycles. The molecule has 5 heteroatoms. The van der Waals surface area contributed by atoms with Crippen molar-refractivity contribution in [3.05, 3.63) is 59.2 Å². The van der Waals surface area contributed by atoms with Crippen LogP contribution in [0.5, 0.6) is 11.5 Å². The van der Waals surface area contributed by atoms with Gasteiger partial charge in [-0.05, 0) is 62.1 Å². The van der Waals surface area contributed by atoms with Crippen LogP contribution in [0.1, 0.15) is 48.5 Å². The predicted molar refractivity (Wildman–Crippen MR) is 104 cm³/mol. The lowest BCUT2D eigenvalue weighted by Gasteiger charge is -2.33. The van der Waals surface area contributed by atoms with Gasteiger partial charge in [0, 0.05) is 6.04 Å². The van der Waals surface area contributed by atoms with Gasteiger partial charge < -0.3 is 14.8 Å². The third-order valence-electron chi connectivity index (χ3n) is 5.54. The van der Waals surface area contributed by atoms with Gasteiger partial charge in [0.1, 0.15) is 0 Å². The number of fused-ring (bicyclic) bond motifs is 2. The largest absolute Gasteiger partial charge is 0.454 e. The highest BCUT2D eigenvalue weighted by Crippen LogP contribution is 2.35. The first-order valence-electron chi connectivity index (χ1n) is 9.59. The third kappa shape index (κ3) is 3.78. The Morgan fingerprint density at radius 2 is 2.04 bits per heavy atom. The predicted octanol–water partition coefficient (Wildman–Crippen LogP) is 3.60. The fourth-order valence-corrected chi connectivity index (χ4v) is 4.08. The van der Waals surface area contributed by atoms with Crippen molar-refractivity contribution >= 4 is 5.91 Å². The molecule has 1 aliphatic carbocycles. The van der Waals surface area contributed by atoms with Crippen LogP contribution in [-0.4, -0.2) is 31.2 Å². The molecule has 4 rings (SSSR count). The number of nitrogens with one attached hydrogen (secondary N) is 1. The molecule has 1 N–H and O–H groups in total. The number of likely N-dealkylation sites (N-methyl/N-ethyl adjacent to an activating group) is 1. The molecule has 0 aromatic heterocycles. The number of amides is 1. The van der Waals surface area contributed by atoms with Gasteiger partial charge in [-0.3, -0.25) is 9.69 Å². The summed E-state index contributed by atoms with van der Waals surface area (Å²) >= 11 is 0. The Bertz CT molecular complexity index is 836. The molecule has 0 fully saturated rings. The van der Waals surface area contributed by atoms with E-state index in [1.807, 2.05) is 32.2 Å². The lowest BCUT2D eigenvalue weighted by Crippen LogP contribution is -2.39. The first kappa shape index (κ1) is 17.9. The van der Waals surface area contributed by atoms with E-state index in [9.17, 15) is 4.79 Å². The van der Waals surface area contributed by atoms with E-state index in [-0.39, 0.29) is 18.7 Å². The maximum Gasteiger partial charge on any atom is 0.234 e. The van der Waals surface area contributed by atoms with Gasteiger partial charge in [-0.15, -0.1) is 0 Å². The summed E-state index contributed by atoms with van der Waals surface area (Å²) in [5.74, 6) is 1.53. The number of nitrogens with zero attached hydrogens (tertiary/aromatic N) is 1. The minimum Gasteiger partial charge on any atom is -0.454 e. The second-order valence-electron chi connectivity index (χ2n) is 7.42. The van der Waals surface area contributed by atoms with Gasteiger partial charge in [0.25, 0.3) is 0 Å². The molecule has 5 nitrogen and oxygen atoms in total. The first-order valence-corrected chi connectivity index (χ1v) is 9.59. The molecule has 0 spiro atoms. The normalized spacial score (nSPS) is 18.9. The van der Waals surface area contributed by atoms with Crippen LogP contribution in [0.3, 0.4) is 0 Å². The van der Waals surface area contributed by atoms with Crippen molar-refractivity contribution in [2.45, 2.75) is 38.3 Å². The summed E-state index contributed by atoms with van der Waals surface area (Å²) in [7, 11) is 2.04. The fraction of sp³-hybridized carbons (Fsp3) is 0.409. The van der Waals surface area contributed by atoms with Crippen LogP contribution in [0, 0.1) is 0 Å². The average molecular weight is 366 g/mol. The van der Waals surface area contributed by atoms with Gasteiger partial charge in [0.05, 0.1) is 12.6 Å². The Kier molecular flexibility index (Phi) is 5.03. The molecule has 2 aromatic carbocycles. The molecule has 142 valence electrons. The van der Waals surface area contributed by atoms with E-state index >= 15 is 0 Å². The maximum atomic E-state index is 12.6. The smallest absolute Gasteiger partial charge is 0.234 e. The van der Waals surface area contributed by atoms with Crippen LogP contribution in [0.25, 0.3) is 0 Å². The van der Waals surface area contributed by atoms with Crippen molar-refractivity contribution < 1.29 is 14.3 Å². The lowest BCUT2D eigenvalue weighted by molar-refractivity contribution is -0.123. The summed E-state index contributed by atoms with van der Waals surface area (Å²) in [4.78, 5) is 14.8. The van der Waals surface area contributed by atoms with Crippen LogP contribution in [-0.2, 0) is 11.2 Å². The van der Waals surface area contributed by atoms with Gasteiger partial charge in [-0.1, -0.05) is 30.3 Å². The van der Waals surface area contributed by atoms with Crippen LogP contribution < -0.4 is 14.8 Å². The molecule has 1 aliphatic heterocycles. The van der Waals surface area contributed by atoms with Crippen molar-refractivity contribution in [1.29, 1.82) is 0 Å².